The SMILES string of the molecule is O=[N+]([O-])c1ccc(C2C3C(c4ccc(-c5ccccc5)cc4)=Nc4ccccc4N32)cc1. The van der Waals surface area contributed by atoms with Gasteiger partial charge in [0.2, 0.25) is 0 Å². The smallest absolute Gasteiger partial charge is 0.269 e. The monoisotopic (exact) mass is 417 g/mol. The first-order valence-electron chi connectivity index (χ1n) is 10.6. The van der Waals surface area contributed by atoms with Crippen molar-refractivity contribution >= 4 is 22.8 Å². The molecule has 4 aromatic rings. The quantitative estimate of drug-likeness (QED) is 0.222. The normalized spacial score (nSPS) is 18.4. The lowest BCUT2D eigenvalue weighted by Crippen LogP contribution is -2.17. The predicted molar refractivity (Wildman–Crippen MR) is 127 cm³/mol. The summed E-state index contributed by atoms with van der Waals surface area (Å²) in [4.78, 5) is 18.1. The van der Waals surface area contributed by atoms with E-state index in [1.165, 1.54) is 11.1 Å². The van der Waals surface area contributed by atoms with Crippen molar-refractivity contribution in [2.45, 2.75) is 12.1 Å². The Balaban J connectivity index is 1.38. The van der Waals surface area contributed by atoms with Crippen LogP contribution in [0.2, 0.25) is 0 Å². The molecule has 4 aromatic carbocycles. The van der Waals surface area contributed by atoms with Gasteiger partial charge in [-0.1, -0.05) is 78.9 Å². The number of benzene rings is 4. The van der Waals surface area contributed by atoms with E-state index < -0.39 is 0 Å². The number of non-ortho nitro benzene ring substituents is 1. The Bertz CT molecular complexity index is 1350. The fourth-order valence-electron chi connectivity index (χ4n) is 4.62. The summed E-state index contributed by atoms with van der Waals surface area (Å²) in [5, 5.41) is 11.1. The Hall–Kier alpha value is -4.25. The van der Waals surface area contributed by atoms with Crippen LogP contribution in [0.1, 0.15) is 17.2 Å². The molecule has 0 radical (unpaired) electrons. The molecule has 2 aliphatic heterocycles. The third kappa shape index (κ3) is 2.98. The number of fused-ring (bicyclic) bond motifs is 3. The van der Waals surface area contributed by atoms with Crippen molar-refractivity contribution in [3.05, 3.63) is 124 Å². The van der Waals surface area contributed by atoms with E-state index in [1.54, 1.807) is 12.1 Å². The second kappa shape index (κ2) is 7.17. The number of nitro benzene ring substituents is 1. The molecule has 2 unspecified atom stereocenters. The van der Waals surface area contributed by atoms with Gasteiger partial charge in [-0.15, -0.1) is 0 Å². The van der Waals surface area contributed by atoms with E-state index in [1.807, 2.05) is 48.5 Å². The minimum atomic E-state index is -0.361. The van der Waals surface area contributed by atoms with Crippen molar-refractivity contribution in [3.63, 3.8) is 0 Å². The molecule has 0 bridgehead atoms. The molecule has 0 spiro atoms. The van der Waals surface area contributed by atoms with Crippen LogP contribution in [0, 0.1) is 10.1 Å². The second-order valence-electron chi connectivity index (χ2n) is 8.07. The van der Waals surface area contributed by atoms with Crippen LogP contribution in [0.15, 0.2) is 108 Å². The van der Waals surface area contributed by atoms with Gasteiger partial charge in [-0.2, -0.15) is 0 Å². The zero-order valence-corrected chi connectivity index (χ0v) is 17.1. The molecule has 2 atom stereocenters. The number of rotatable bonds is 4. The third-order valence-electron chi connectivity index (χ3n) is 6.22. The van der Waals surface area contributed by atoms with Gasteiger partial charge < -0.3 is 4.90 Å². The summed E-state index contributed by atoms with van der Waals surface area (Å²) in [7, 11) is 0. The molecule has 5 heteroatoms. The summed E-state index contributed by atoms with van der Waals surface area (Å²) >= 11 is 0. The molecule has 0 N–H and O–H groups in total. The molecule has 5 nitrogen and oxygen atoms in total. The average molecular weight is 417 g/mol. The van der Waals surface area contributed by atoms with Gasteiger partial charge in [0.05, 0.1) is 34.1 Å². The number of nitro groups is 1. The fraction of sp³-hybridized carbons (Fsp3) is 0.0741. The van der Waals surface area contributed by atoms with Gasteiger partial charge in [0.15, 0.2) is 0 Å². The van der Waals surface area contributed by atoms with Gasteiger partial charge in [-0.05, 0) is 34.4 Å². The molecule has 2 aliphatic rings. The maximum Gasteiger partial charge on any atom is 0.269 e. The number of nitrogens with zero attached hydrogens (tertiary/aromatic N) is 3. The van der Waals surface area contributed by atoms with Gasteiger partial charge in [0.1, 0.15) is 0 Å². The molecular weight excluding hydrogens is 398 g/mol. The highest BCUT2D eigenvalue weighted by atomic mass is 16.6. The van der Waals surface area contributed by atoms with E-state index >= 15 is 0 Å². The first kappa shape index (κ1) is 18.5. The van der Waals surface area contributed by atoms with Crippen LogP contribution in [0.25, 0.3) is 11.1 Å². The van der Waals surface area contributed by atoms with Crippen LogP contribution < -0.4 is 4.90 Å². The molecule has 0 aliphatic carbocycles. The van der Waals surface area contributed by atoms with Gasteiger partial charge >= 0.3 is 0 Å². The molecule has 0 aromatic heterocycles. The topological polar surface area (TPSA) is 58.5 Å². The zero-order chi connectivity index (χ0) is 21.7. The maximum absolute atomic E-state index is 11.1. The first-order valence-corrected chi connectivity index (χ1v) is 10.6. The largest absolute Gasteiger partial charge is 0.349 e. The minimum absolute atomic E-state index is 0.109. The summed E-state index contributed by atoms with van der Waals surface area (Å²) in [5.41, 5.74) is 7.72. The van der Waals surface area contributed by atoms with Crippen molar-refractivity contribution < 1.29 is 4.92 Å². The Morgan fingerprint density at radius 2 is 1.31 bits per heavy atom. The summed E-state index contributed by atoms with van der Waals surface area (Å²) in [6.45, 7) is 0. The highest BCUT2D eigenvalue weighted by molar-refractivity contribution is 6.14. The summed E-state index contributed by atoms with van der Waals surface area (Å²) < 4.78 is 0. The Labute approximate surface area is 185 Å². The molecule has 2 heterocycles. The minimum Gasteiger partial charge on any atom is -0.349 e. The molecule has 1 fully saturated rings. The van der Waals surface area contributed by atoms with Crippen LogP contribution in [-0.4, -0.2) is 16.7 Å². The lowest BCUT2D eigenvalue weighted by Gasteiger charge is -2.17. The second-order valence-corrected chi connectivity index (χ2v) is 8.07. The Morgan fingerprint density at radius 1 is 0.688 bits per heavy atom. The van der Waals surface area contributed by atoms with E-state index in [-0.39, 0.29) is 22.7 Å². The fourth-order valence-corrected chi connectivity index (χ4v) is 4.62. The zero-order valence-electron chi connectivity index (χ0n) is 17.1. The Kier molecular flexibility index (Phi) is 4.15. The predicted octanol–water partition coefficient (Wildman–Crippen LogP) is 6.33. The lowest BCUT2D eigenvalue weighted by molar-refractivity contribution is -0.384. The van der Waals surface area contributed by atoms with Crippen LogP contribution in [0.5, 0.6) is 0 Å². The van der Waals surface area contributed by atoms with E-state index in [2.05, 4.69) is 47.4 Å². The highest BCUT2D eigenvalue weighted by Gasteiger charge is 2.54. The third-order valence-corrected chi connectivity index (χ3v) is 6.22. The van der Waals surface area contributed by atoms with Crippen LogP contribution >= 0.6 is 0 Å². The van der Waals surface area contributed by atoms with E-state index in [0.29, 0.717) is 0 Å². The molecule has 32 heavy (non-hydrogen) atoms. The molecular formula is C27H19N3O2. The van der Waals surface area contributed by atoms with E-state index in [9.17, 15) is 10.1 Å². The van der Waals surface area contributed by atoms with E-state index in [0.717, 1.165) is 28.2 Å². The summed E-state index contributed by atoms with van der Waals surface area (Å²) in [5.74, 6) is 0. The maximum atomic E-state index is 11.1. The van der Waals surface area contributed by atoms with Crippen LogP contribution in [-0.2, 0) is 0 Å². The number of anilines is 1. The lowest BCUT2D eigenvalue weighted by atomic mass is 9.98. The number of para-hydroxylation sites is 2. The molecule has 0 saturated carbocycles. The highest BCUT2D eigenvalue weighted by Crippen LogP contribution is 2.54. The number of hydrogen-bond acceptors (Lipinski definition) is 4. The van der Waals surface area contributed by atoms with Crippen molar-refractivity contribution in [1.29, 1.82) is 0 Å². The summed E-state index contributed by atoms with van der Waals surface area (Å²) in [6.07, 6.45) is 0. The first-order chi connectivity index (χ1) is 15.7. The standard InChI is InChI=1S/C27H19N3O2/c31-30(32)22-16-14-21(15-17-22)26-27-25(28-23-8-4-5-9-24(23)29(26)27)20-12-10-19(11-13-20)18-6-2-1-3-7-18/h1-17,26-27H. The van der Waals surface area contributed by atoms with Crippen molar-refractivity contribution in [2.24, 2.45) is 4.99 Å². The molecule has 154 valence electrons. The van der Waals surface area contributed by atoms with Crippen molar-refractivity contribution in [1.82, 2.24) is 0 Å². The molecule has 6 rings (SSSR count). The van der Waals surface area contributed by atoms with Crippen molar-refractivity contribution in [2.75, 3.05) is 4.90 Å². The van der Waals surface area contributed by atoms with E-state index in [4.69, 9.17) is 4.99 Å². The summed E-state index contributed by atoms with van der Waals surface area (Å²) in [6, 6.07) is 34.2. The van der Waals surface area contributed by atoms with Crippen LogP contribution in [0.4, 0.5) is 17.1 Å². The number of aliphatic imine (C=N–C) groups is 1. The van der Waals surface area contributed by atoms with Crippen molar-refractivity contribution in [3.8, 4) is 11.1 Å². The van der Waals surface area contributed by atoms with Gasteiger partial charge in [-0.25, -0.2) is 4.99 Å². The molecule has 0 amide bonds. The van der Waals surface area contributed by atoms with Gasteiger partial charge in [-0.3, -0.25) is 10.1 Å². The van der Waals surface area contributed by atoms with Crippen LogP contribution in [0.3, 0.4) is 0 Å². The Morgan fingerprint density at radius 3 is 2.03 bits per heavy atom. The molecule has 1 saturated heterocycles. The number of hydrogen-bond donors (Lipinski definition) is 0. The average Bonchev–Trinajstić information content (AvgIpc) is 3.60. The van der Waals surface area contributed by atoms with Gasteiger partial charge in [0, 0.05) is 12.1 Å². The van der Waals surface area contributed by atoms with Gasteiger partial charge in [0.25, 0.3) is 5.69 Å².